The molecule has 0 aliphatic carbocycles. The fourth-order valence-corrected chi connectivity index (χ4v) is 2.75. The fraction of sp³-hybridized carbons (Fsp3) is 0.500. The molecule has 0 N–H and O–H groups in total. The maximum Gasteiger partial charge on any atom is 0.123 e. The Kier molecular flexibility index (Phi) is 4.20. The maximum absolute atomic E-state index is 9.38. The summed E-state index contributed by atoms with van der Waals surface area (Å²) in [6, 6.07) is 10.4. The Bertz CT molecular complexity index is 416. The van der Waals surface area contributed by atoms with Crippen LogP contribution in [-0.4, -0.2) is 18.0 Å². The molecule has 17 heavy (non-hydrogen) atoms. The highest BCUT2D eigenvalue weighted by molar-refractivity contribution is 9.10. The van der Waals surface area contributed by atoms with Gasteiger partial charge in [0.1, 0.15) is 6.04 Å². The van der Waals surface area contributed by atoms with Crippen molar-refractivity contribution in [3.63, 3.8) is 0 Å². The number of nitrogens with zero attached hydrogens (tertiary/aromatic N) is 2. The van der Waals surface area contributed by atoms with Crippen molar-refractivity contribution in [1.29, 1.82) is 5.26 Å². The van der Waals surface area contributed by atoms with E-state index in [1.165, 1.54) is 12.8 Å². The van der Waals surface area contributed by atoms with Crippen LogP contribution >= 0.6 is 15.9 Å². The number of hydrogen-bond donors (Lipinski definition) is 0. The largest absolute Gasteiger partial charge is 0.284 e. The van der Waals surface area contributed by atoms with Crippen molar-refractivity contribution < 1.29 is 0 Å². The first-order chi connectivity index (χ1) is 8.20. The number of rotatable bonds is 2. The summed E-state index contributed by atoms with van der Waals surface area (Å²) < 4.78 is 1.04. The normalized spacial score (nSPS) is 19.8. The summed E-state index contributed by atoms with van der Waals surface area (Å²) in [7, 11) is 0. The Morgan fingerprint density at radius 3 is 2.71 bits per heavy atom. The van der Waals surface area contributed by atoms with Crippen molar-refractivity contribution in [3.05, 3.63) is 34.3 Å². The molecule has 2 nitrogen and oxygen atoms in total. The maximum atomic E-state index is 9.38. The van der Waals surface area contributed by atoms with E-state index in [2.05, 4.69) is 33.8 Å². The van der Waals surface area contributed by atoms with Crippen LogP contribution in [0.1, 0.15) is 31.4 Å². The van der Waals surface area contributed by atoms with Gasteiger partial charge in [-0.25, -0.2) is 0 Å². The molecular weight excluding hydrogens is 276 g/mol. The van der Waals surface area contributed by atoms with Crippen molar-refractivity contribution in [2.75, 3.05) is 13.1 Å². The van der Waals surface area contributed by atoms with Gasteiger partial charge in [0.05, 0.1) is 6.07 Å². The van der Waals surface area contributed by atoms with Gasteiger partial charge in [0, 0.05) is 4.47 Å². The van der Waals surface area contributed by atoms with E-state index in [4.69, 9.17) is 0 Å². The molecule has 0 radical (unpaired) electrons. The molecule has 0 saturated carbocycles. The van der Waals surface area contributed by atoms with Gasteiger partial charge in [-0.15, -0.1) is 0 Å². The van der Waals surface area contributed by atoms with Crippen LogP contribution in [-0.2, 0) is 0 Å². The third-order valence-electron chi connectivity index (χ3n) is 3.47. The Balaban J connectivity index is 2.14. The molecule has 1 aliphatic rings. The van der Waals surface area contributed by atoms with Gasteiger partial charge in [-0.05, 0) is 49.5 Å². The molecule has 0 bridgehead atoms. The highest BCUT2D eigenvalue weighted by atomic mass is 79.9. The van der Waals surface area contributed by atoms with Gasteiger partial charge < -0.3 is 0 Å². The van der Waals surface area contributed by atoms with Gasteiger partial charge in [0.2, 0.25) is 0 Å². The van der Waals surface area contributed by atoms with Gasteiger partial charge >= 0.3 is 0 Å². The quantitative estimate of drug-likeness (QED) is 0.830. The smallest absolute Gasteiger partial charge is 0.123 e. The molecule has 3 heteroatoms. The fourth-order valence-electron chi connectivity index (χ4n) is 2.33. The van der Waals surface area contributed by atoms with E-state index < -0.39 is 0 Å². The first-order valence-corrected chi connectivity index (χ1v) is 6.89. The lowest BCUT2D eigenvalue weighted by Gasteiger charge is -2.33. The molecule has 1 aromatic rings. The predicted octanol–water partition coefficient (Wildman–Crippen LogP) is 3.75. The molecule has 0 spiro atoms. The van der Waals surface area contributed by atoms with Crippen molar-refractivity contribution in [2.45, 2.75) is 25.8 Å². The zero-order valence-corrected chi connectivity index (χ0v) is 11.7. The highest BCUT2D eigenvalue weighted by Gasteiger charge is 2.24. The molecule has 0 amide bonds. The lowest BCUT2D eigenvalue weighted by atomic mass is 9.96. The van der Waals surface area contributed by atoms with Crippen LogP contribution in [0.2, 0.25) is 0 Å². The molecule has 90 valence electrons. The van der Waals surface area contributed by atoms with Crippen LogP contribution in [0.25, 0.3) is 0 Å². The van der Waals surface area contributed by atoms with E-state index in [0.717, 1.165) is 29.0 Å². The van der Waals surface area contributed by atoms with Gasteiger partial charge in [-0.3, -0.25) is 4.90 Å². The van der Waals surface area contributed by atoms with Crippen molar-refractivity contribution >= 4 is 15.9 Å². The Morgan fingerprint density at radius 2 is 2.12 bits per heavy atom. The molecule has 1 fully saturated rings. The molecule has 1 saturated heterocycles. The number of halogens is 1. The Labute approximate surface area is 111 Å². The number of nitriles is 1. The minimum absolute atomic E-state index is 0.0972. The third kappa shape index (κ3) is 3.08. The monoisotopic (exact) mass is 292 g/mol. The second-order valence-electron chi connectivity index (χ2n) is 4.81. The highest BCUT2D eigenvalue weighted by Crippen LogP contribution is 2.27. The van der Waals surface area contributed by atoms with Crippen LogP contribution in [0.3, 0.4) is 0 Å². The SMILES string of the molecule is CC1CCN(C(C#N)c2cccc(Br)c2)CC1. The van der Waals surface area contributed by atoms with E-state index in [0.29, 0.717) is 0 Å². The van der Waals surface area contributed by atoms with Crippen LogP contribution < -0.4 is 0 Å². The molecule has 1 aromatic carbocycles. The summed E-state index contributed by atoms with van der Waals surface area (Å²) in [5.41, 5.74) is 1.09. The Morgan fingerprint density at radius 1 is 1.41 bits per heavy atom. The average Bonchev–Trinajstić information content (AvgIpc) is 2.33. The molecule has 0 aromatic heterocycles. The lowest BCUT2D eigenvalue weighted by Crippen LogP contribution is -2.35. The van der Waals surface area contributed by atoms with Crippen molar-refractivity contribution in [3.8, 4) is 6.07 Å². The van der Waals surface area contributed by atoms with Gasteiger partial charge in [0.15, 0.2) is 0 Å². The Hall–Kier alpha value is -0.850. The first-order valence-electron chi connectivity index (χ1n) is 6.10. The molecule has 2 rings (SSSR count). The van der Waals surface area contributed by atoms with Crippen molar-refractivity contribution in [2.24, 2.45) is 5.92 Å². The van der Waals surface area contributed by atoms with Crippen molar-refractivity contribution in [1.82, 2.24) is 4.90 Å². The topological polar surface area (TPSA) is 27.0 Å². The zero-order valence-electron chi connectivity index (χ0n) is 10.1. The summed E-state index contributed by atoms with van der Waals surface area (Å²) >= 11 is 3.47. The number of hydrogen-bond acceptors (Lipinski definition) is 2. The van der Waals surface area contributed by atoms with Crippen LogP contribution in [0.4, 0.5) is 0 Å². The predicted molar refractivity (Wildman–Crippen MR) is 72.5 cm³/mol. The minimum atomic E-state index is -0.0972. The standard InChI is InChI=1S/C14H17BrN2/c1-11-5-7-17(8-6-11)14(10-16)12-3-2-4-13(15)9-12/h2-4,9,11,14H,5-8H2,1H3. The van der Waals surface area contributed by atoms with Gasteiger partial charge in [-0.2, -0.15) is 5.26 Å². The van der Waals surface area contributed by atoms with Gasteiger partial charge in [0.25, 0.3) is 0 Å². The molecule has 1 unspecified atom stereocenters. The first kappa shape index (κ1) is 12.6. The van der Waals surface area contributed by atoms with Crippen LogP contribution in [0.5, 0.6) is 0 Å². The second-order valence-corrected chi connectivity index (χ2v) is 5.72. The summed E-state index contributed by atoms with van der Waals surface area (Å²) in [5, 5.41) is 9.38. The average molecular weight is 293 g/mol. The van der Waals surface area contributed by atoms with Crippen LogP contribution in [0, 0.1) is 17.2 Å². The lowest BCUT2D eigenvalue weighted by molar-refractivity contribution is 0.165. The second kappa shape index (κ2) is 5.66. The van der Waals surface area contributed by atoms with E-state index in [9.17, 15) is 5.26 Å². The molecule has 1 aliphatic heterocycles. The molecule has 1 heterocycles. The van der Waals surface area contributed by atoms with Gasteiger partial charge in [-0.1, -0.05) is 35.0 Å². The third-order valence-corrected chi connectivity index (χ3v) is 3.96. The summed E-state index contributed by atoms with van der Waals surface area (Å²) in [4.78, 5) is 2.29. The van der Waals surface area contributed by atoms with E-state index in [1.54, 1.807) is 0 Å². The van der Waals surface area contributed by atoms with E-state index in [-0.39, 0.29) is 6.04 Å². The number of benzene rings is 1. The number of likely N-dealkylation sites (tertiary alicyclic amines) is 1. The van der Waals surface area contributed by atoms with Crippen LogP contribution in [0.15, 0.2) is 28.7 Å². The molecular formula is C14H17BrN2. The summed E-state index contributed by atoms with van der Waals surface area (Å²) in [6.07, 6.45) is 2.40. The number of piperidine rings is 1. The summed E-state index contributed by atoms with van der Waals surface area (Å²) in [5.74, 6) is 0.799. The summed E-state index contributed by atoms with van der Waals surface area (Å²) in [6.45, 7) is 4.36. The van der Waals surface area contributed by atoms with E-state index >= 15 is 0 Å². The molecule has 1 atom stereocenters. The zero-order chi connectivity index (χ0) is 12.3. The minimum Gasteiger partial charge on any atom is -0.284 e. The van der Waals surface area contributed by atoms with E-state index in [1.807, 2.05) is 24.3 Å².